The maximum Gasteiger partial charge on any atom is 0.129 e. The minimum atomic E-state index is 0.444. The van der Waals surface area contributed by atoms with Gasteiger partial charge < -0.3 is 11.5 Å². The van der Waals surface area contributed by atoms with Gasteiger partial charge in [0.05, 0.1) is 11.2 Å². The maximum absolute atomic E-state index is 5.98. The molecule has 0 fully saturated rings. The Morgan fingerprint density at radius 3 is 2.53 bits per heavy atom. The van der Waals surface area contributed by atoms with Gasteiger partial charge in [0.2, 0.25) is 0 Å². The van der Waals surface area contributed by atoms with E-state index in [9.17, 15) is 0 Å². The van der Waals surface area contributed by atoms with Crippen LogP contribution in [-0.4, -0.2) is 4.98 Å². The smallest absolute Gasteiger partial charge is 0.129 e. The van der Waals surface area contributed by atoms with Crippen molar-refractivity contribution in [3.63, 3.8) is 0 Å². The highest BCUT2D eigenvalue weighted by Crippen LogP contribution is 2.31. The van der Waals surface area contributed by atoms with Crippen LogP contribution in [0.1, 0.15) is 0 Å². The number of benzene rings is 2. The molecule has 3 nitrogen and oxygen atoms in total. The molecule has 0 aliphatic rings. The van der Waals surface area contributed by atoms with E-state index < -0.39 is 0 Å². The van der Waals surface area contributed by atoms with Crippen LogP contribution in [0.4, 0.5) is 11.4 Å². The standard InChI is InChI=1S/C13H10ClN3/c14-12-4-3-10-9-2-1-8(15)5-7(9)6-11(16)13(10)17-12/h1-6H,15-16H2. The number of anilines is 2. The Balaban J connectivity index is 2.55. The topological polar surface area (TPSA) is 64.9 Å². The van der Waals surface area contributed by atoms with Crippen molar-refractivity contribution in [2.24, 2.45) is 0 Å². The molecule has 0 saturated heterocycles. The Bertz CT molecular complexity index is 737. The molecule has 3 aromatic rings. The maximum atomic E-state index is 5.98. The lowest BCUT2D eigenvalue weighted by atomic mass is 10.0. The fourth-order valence-corrected chi connectivity index (χ4v) is 2.20. The first-order chi connectivity index (χ1) is 8.15. The number of halogens is 1. The van der Waals surface area contributed by atoms with E-state index in [1.807, 2.05) is 30.3 Å². The van der Waals surface area contributed by atoms with Crippen molar-refractivity contribution in [1.29, 1.82) is 0 Å². The van der Waals surface area contributed by atoms with Gasteiger partial charge in [-0.1, -0.05) is 17.7 Å². The number of pyridine rings is 1. The van der Waals surface area contributed by atoms with Crippen LogP contribution >= 0.6 is 11.6 Å². The molecule has 0 aliphatic carbocycles. The third kappa shape index (κ3) is 1.56. The van der Waals surface area contributed by atoms with Gasteiger partial charge in [-0.25, -0.2) is 4.98 Å². The molecule has 17 heavy (non-hydrogen) atoms. The van der Waals surface area contributed by atoms with Crippen LogP contribution in [0.25, 0.3) is 21.7 Å². The molecule has 0 atom stereocenters. The lowest BCUT2D eigenvalue weighted by molar-refractivity contribution is 1.42. The Morgan fingerprint density at radius 1 is 0.941 bits per heavy atom. The van der Waals surface area contributed by atoms with Crippen molar-refractivity contribution >= 4 is 44.7 Å². The van der Waals surface area contributed by atoms with Gasteiger partial charge in [-0.05, 0) is 41.1 Å². The largest absolute Gasteiger partial charge is 0.399 e. The molecule has 1 heterocycles. The van der Waals surface area contributed by atoms with Crippen LogP contribution in [0.5, 0.6) is 0 Å². The summed E-state index contributed by atoms with van der Waals surface area (Å²) in [5, 5.41) is 3.52. The van der Waals surface area contributed by atoms with Gasteiger partial charge in [-0.15, -0.1) is 0 Å². The van der Waals surface area contributed by atoms with Crippen LogP contribution in [0.3, 0.4) is 0 Å². The predicted molar refractivity (Wildman–Crippen MR) is 73.1 cm³/mol. The molecular formula is C13H10ClN3. The van der Waals surface area contributed by atoms with Gasteiger partial charge in [0.1, 0.15) is 5.15 Å². The summed E-state index contributed by atoms with van der Waals surface area (Å²) in [5.74, 6) is 0. The Morgan fingerprint density at radius 2 is 1.71 bits per heavy atom. The lowest BCUT2D eigenvalue weighted by Crippen LogP contribution is -1.92. The summed E-state index contributed by atoms with van der Waals surface area (Å²) in [6.45, 7) is 0. The Hall–Kier alpha value is -2.00. The number of hydrogen-bond acceptors (Lipinski definition) is 3. The minimum Gasteiger partial charge on any atom is -0.399 e. The fourth-order valence-electron chi connectivity index (χ4n) is 2.05. The van der Waals surface area contributed by atoms with Gasteiger partial charge in [0.25, 0.3) is 0 Å². The minimum absolute atomic E-state index is 0.444. The van der Waals surface area contributed by atoms with Gasteiger partial charge >= 0.3 is 0 Å². The van der Waals surface area contributed by atoms with E-state index >= 15 is 0 Å². The van der Waals surface area contributed by atoms with Crippen molar-refractivity contribution in [3.05, 3.63) is 41.6 Å². The van der Waals surface area contributed by atoms with Crippen LogP contribution in [0.15, 0.2) is 36.4 Å². The summed E-state index contributed by atoms with van der Waals surface area (Å²) < 4.78 is 0. The molecule has 0 bridgehead atoms. The zero-order valence-electron chi connectivity index (χ0n) is 8.94. The molecule has 3 rings (SSSR count). The molecule has 0 unspecified atom stereocenters. The number of hydrogen-bond donors (Lipinski definition) is 2. The van der Waals surface area contributed by atoms with Crippen molar-refractivity contribution < 1.29 is 0 Å². The predicted octanol–water partition coefficient (Wildman–Crippen LogP) is 3.21. The molecule has 0 radical (unpaired) electrons. The van der Waals surface area contributed by atoms with E-state index in [2.05, 4.69) is 4.98 Å². The van der Waals surface area contributed by atoms with Crippen molar-refractivity contribution in [1.82, 2.24) is 4.98 Å². The highest BCUT2D eigenvalue weighted by Gasteiger charge is 2.06. The lowest BCUT2D eigenvalue weighted by Gasteiger charge is -2.07. The average Bonchev–Trinajstić information content (AvgIpc) is 2.29. The second kappa shape index (κ2) is 3.50. The molecule has 2 aromatic carbocycles. The van der Waals surface area contributed by atoms with Gasteiger partial charge in [0.15, 0.2) is 0 Å². The van der Waals surface area contributed by atoms with Gasteiger partial charge in [0, 0.05) is 11.1 Å². The highest BCUT2D eigenvalue weighted by molar-refractivity contribution is 6.30. The van der Waals surface area contributed by atoms with Crippen LogP contribution in [0, 0.1) is 0 Å². The van der Waals surface area contributed by atoms with Crippen LogP contribution < -0.4 is 11.5 Å². The van der Waals surface area contributed by atoms with E-state index in [0.717, 1.165) is 27.4 Å². The first-order valence-corrected chi connectivity index (χ1v) is 5.57. The zero-order valence-corrected chi connectivity index (χ0v) is 9.70. The highest BCUT2D eigenvalue weighted by atomic mass is 35.5. The molecule has 4 heteroatoms. The molecule has 4 N–H and O–H groups in total. The number of nitrogens with two attached hydrogens (primary N) is 2. The summed E-state index contributed by atoms with van der Waals surface area (Å²) in [7, 11) is 0. The fraction of sp³-hybridized carbons (Fsp3) is 0. The molecule has 0 aliphatic heterocycles. The first kappa shape index (κ1) is 10.2. The van der Waals surface area contributed by atoms with E-state index in [4.69, 9.17) is 23.1 Å². The monoisotopic (exact) mass is 243 g/mol. The summed E-state index contributed by atoms with van der Waals surface area (Å²) in [5.41, 5.74) is 13.8. The van der Waals surface area contributed by atoms with Crippen molar-refractivity contribution in [2.75, 3.05) is 11.5 Å². The Labute approximate surface area is 103 Å². The van der Waals surface area contributed by atoms with Gasteiger partial charge in [-0.2, -0.15) is 0 Å². The molecule has 0 spiro atoms. The SMILES string of the molecule is Nc1ccc2c(c1)cc(N)c1nc(Cl)ccc12. The van der Waals surface area contributed by atoms with E-state index in [1.54, 1.807) is 6.07 Å². The number of nitrogens with zero attached hydrogens (tertiary/aromatic N) is 1. The summed E-state index contributed by atoms with van der Waals surface area (Å²) in [6, 6.07) is 11.3. The Kier molecular flexibility index (Phi) is 2.09. The van der Waals surface area contributed by atoms with E-state index in [1.165, 1.54) is 0 Å². The quantitative estimate of drug-likeness (QED) is 0.362. The molecule has 0 saturated carbocycles. The van der Waals surface area contributed by atoms with E-state index in [0.29, 0.717) is 10.8 Å². The summed E-state index contributed by atoms with van der Waals surface area (Å²) in [6.07, 6.45) is 0. The van der Waals surface area contributed by atoms with Crippen molar-refractivity contribution in [3.8, 4) is 0 Å². The van der Waals surface area contributed by atoms with Crippen LogP contribution in [-0.2, 0) is 0 Å². The normalized spacial score (nSPS) is 11.1. The molecule has 0 amide bonds. The number of fused-ring (bicyclic) bond motifs is 3. The number of rotatable bonds is 0. The van der Waals surface area contributed by atoms with E-state index in [-0.39, 0.29) is 0 Å². The van der Waals surface area contributed by atoms with Crippen LogP contribution in [0.2, 0.25) is 5.15 Å². The van der Waals surface area contributed by atoms with Crippen molar-refractivity contribution in [2.45, 2.75) is 0 Å². The summed E-state index contributed by atoms with van der Waals surface area (Å²) in [4.78, 5) is 4.26. The second-order valence-corrected chi connectivity index (χ2v) is 4.36. The zero-order chi connectivity index (χ0) is 12.0. The summed E-state index contributed by atoms with van der Waals surface area (Å²) >= 11 is 5.88. The first-order valence-electron chi connectivity index (χ1n) is 5.19. The van der Waals surface area contributed by atoms with Gasteiger partial charge in [-0.3, -0.25) is 0 Å². The second-order valence-electron chi connectivity index (χ2n) is 3.98. The molecule has 1 aromatic heterocycles. The third-order valence-corrected chi connectivity index (χ3v) is 3.02. The average molecular weight is 244 g/mol. The molecular weight excluding hydrogens is 234 g/mol. The number of aromatic nitrogens is 1. The molecule has 84 valence electrons. The third-order valence-electron chi connectivity index (χ3n) is 2.81. The number of nitrogen functional groups attached to an aromatic ring is 2.